The Hall–Kier alpha value is -3.53. The van der Waals surface area contributed by atoms with Crippen molar-refractivity contribution in [1.82, 2.24) is 29.7 Å². The fourth-order valence-corrected chi connectivity index (χ4v) is 3.56. The second-order valence-electron chi connectivity index (χ2n) is 6.14. The molecular formula is C19H17FN8S. The molecule has 29 heavy (non-hydrogen) atoms. The molecule has 0 saturated carbocycles. The Labute approximate surface area is 170 Å². The Morgan fingerprint density at radius 2 is 1.55 bits per heavy atom. The van der Waals surface area contributed by atoms with Crippen LogP contribution in [-0.2, 0) is 12.3 Å². The molecule has 8 nitrogen and oxygen atoms in total. The zero-order valence-electron chi connectivity index (χ0n) is 15.2. The molecular weight excluding hydrogens is 391 g/mol. The fourth-order valence-electron chi connectivity index (χ4n) is 2.77. The van der Waals surface area contributed by atoms with Crippen LogP contribution in [0.2, 0.25) is 0 Å². The fraction of sp³-hybridized carbons (Fsp3) is 0.105. The normalized spacial score (nSPS) is 10.9. The lowest BCUT2D eigenvalue weighted by Crippen LogP contribution is -2.07. The van der Waals surface area contributed by atoms with Crippen molar-refractivity contribution in [1.29, 1.82) is 0 Å². The minimum atomic E-state index is -0.303. The van der Waals surface area contributed by atoms with Gasteiger partial charge in [-0.3, -0.25) is 4.57 Å². The summed E-state index contributed by atoms with van der Waals surface area (Å²) >= 11 is 1.41. The van der Waals surface area contributed by atoms with Crippen LogP contribution in [0.1, 0.15) is 11.4 Å². The highest BCUT2D eigenvalue weighted by Gasteiger charge is 2.16. The first-order chi connectivity index (χ1) is 14.1. The third-order valence-corrected chi connectivity index (χ3v) is 5.01. The van der Waals surface area contributed by atoms with Gasteiger partial charge >= 0.3 is 0 Å². The van der Waals surface area contributed by atoms with E-state index in [1.807, 2.05) is 34.9 Å². The Morgan fingerprint density at radius 1 is 0.862 bits per heavy atom. The van der Waals surface area contributed by atoms with Crippen LogP contribution in [0.25, 0.3) is 11.4 Å². The van der Waals surface area contributed by atoms with E-state index in [1.54, 1.807) is 12.1 Å². The van der Waals surface area contributed by atoms with Gasteiger partial charge in [0.2, 0.25) is 11.9 Å². The molecule has 0 unspecified atom stereocenters. The molecule has 0 spiro atoms. The van der Waals surface area contributed by atoms with Gasteiger partial charge in [-0.25, -0.2) is 4.39 Å². The molecule has 0 atom stereocenters. The lowest BCUT2D eigenvalue weighted by Gasteiger charge is -2.10. The summed E-state index contributed by atoms with van der Waals surface area (Å²) in [5.41, 5.74) is 13.1. The molecule has 10 heteroatoms. The van der Waals surface area contributed by atoms with Crippen LogP contribution in [0.4, 0.5) is 16.3 Å². The molecule has 2 aromatic carbocycles. The molecule has 0 aliphatic heterocycles. The first kappa shape index (κ1) is 18.8. The third kappa shape index (κ3) is 4.49. The van der Waals surface area contributed by atoms with E-state index in [0.717, 1.165) is 11.1 Å². The summed E-state index contributed by atoms with van der Waals surface area (Å²) in [6, 6.07) is 16.1. The SMILES string of the molecule is Nc1nc(N)nc(CSc2nnc(-c3ccc(F)cc3)n2Cc2ccccc2)n1. The molecule has 4 aromatic rings. The molecule has 0 saturated heterocycles. The zero-order chi connectivity index (χ0) is 20.2. The van der Waals surface area contributed by atoms with Crippen molar-refractivity contribution in [3.05, 3.63) is 71.8 Å². The monoisotopic (exact) mass is 408 g/mol. The average molecular weight is 408 g/mol. The smallest absolute Gasteiger partial charge is 0.225 e. The van der Waals surface area contributed by atoms with Crippen LogP contribution >= 0.6 is 11.8 Å². The van der Waals surface area contributed by atoms with E-state index in [9.17, 15) is 4.39 Å². The van der Waals surface area contributed by atoms with Crippen molar-refractivity contribution in [3.63, 3.8) is 0 Å². The van der Waals surface area contributed by atoms with Gasteiger partial charge in [-0.05, 0) is 29.8 Å². The van der Waals surface area contributed by atoms with E-state index in [-0.39, 0.29) is 17.7 Å². The number of thioether (sulfide) groups is 1. The van der Waals surface area contributed by atoms with Gasteiger partial charge in [0.25, 0.3) is 0 Å². The highest BCUT2D eigenvalue weighted by atomic mass is 32.2. The van der Waals surface area contributed by atoms with Crippen LogP contribution in [0.3, 0.4) is 0 Å². The van der Waals surface area contributed by atoms with Crippen LogP contribution in [-0.4, -0.2) is 29.7 Å². The van der Waals surface area contributed by atoms with Crippen molar-refractivity contribution < 1.29 is 4.39 Å². The minimum absolute atomic E-state index is 0.0749. The lowest BCUT2D eigenvalue weighted by molar-refractivity contribution is 0.628. The number of halogens is 1. The standard InChI is InChI=1S/C19H17FN8S/c20-14-8-6-13(7-9-14)16-26-27-19(28(16)10-12-4-2-1-3-5-12)29-11-15-23-17(21)25-18(22)24-15/h1-9H,10-11H2,(H4,21,22,23,24,25). The van der Waals surface area contributed by atoms with Gasteiger partial charge in [-0.15, -0.1) is 10.2 Å². The highest BCUT2D eigenvalue weighted by molar-refractivity contribution is 7.98. The number of benzene rings is 2. The van der Waals surface area contributed by atoms with Gasteiger partial charge in [-0.1, -0.05) is 42.1 Å². The Kier molecular flexibility index (Phi) is 5.34. The third-order valence-electron chi connectivity index (χ3n) is 4.05. The van der Waals surface area contributed by atoms with Crippen LogP contribution in [0, 0.1) is 5.82 Å². The summed E-state index contributed by atoms with van der Waals surface area (Å²) in [6.07, 6.45) is 0. The molecule has 4 rings (SSSR count). The molecule has 0 bridgehead atoms. The maximum Gasteiger partial charge on any atom is 0.225 e. The summed E-state index contributed by atoms with van der Waals surface area (Å²) in [5.74, 6) is 1.34. The van der Waals surface area contributed by atoms with E-state index in [2.05, 4.69) is 25.1 Å². The first-order valence-electron chi connectivity index (χ1n) is 8.70. The van der Waals surface area contributed by atoms with Crippen LogP contribution in [0.15, 0.2) is 59.8 Å². The predicted octanol–water partition coefficient (Wildman–Crippen LogP) is 2.77. The van der Waals surface area contributed by atoms with Gasteiger partial charge in [0.05, 0.1) is 12.3 Å². The number of nitrogens with two attached hydrogens (primary N) is 2. The molecule has 146 valence electrons. The van der Waals surface area contributed by atoms with E-state index in [4.69, 9.17) is 11.5 Å². The summed E-state index contributed by atoms with van der Waals surface area (Å²) in [7, 11) is 0. The summed E-state index contributed by atoms with van der Waals surface area (Å²) < 4.78 is 15.3. The van der Waals surface area contributed by atoms with Gasteiger partial charge in [0, 0.05) is 5.56 Å². The second-order valence-corrected chi connectivity index (χ2v) is 7.08. The largest absolute Gasteiger partial charge is 0.368 e. The predicted molar refractivity (Wildman–Crippen MR) is 109 cm³/mol. The highest BCUT2D eigenvalue weighted by Crippen LogP contribution is 2.27. The van der Waals surface area contributed by atoms with Crippen molar-refractivity contribution in [3.8, 4) is 11.4 Å². The van der Waals surface area contributed by atoms with Crippen molar-refractivity contribution in [2.24, 2.45) is 0 Å². The molecule has 0 aliphatic carbocycles. The molecule has 2 heterocycles. The number of aromatic nitrogens is 6. The van der Waals surface area contributed by atoms with E-state index in [0.29, 0.717) is 29.1 Å². The van der Waals surface area contributed by atoms with Gasteiger partial charge < -0.3 is 11.5 Å². The maximum absolute atomic E-state index is 13.3. The van der Waals surface area contributed by atoms with Gasteiger partial charge in [0.1, 0.15) is 11.6 Å². The number of rotatable bonds is 6. The minimum Gasteiger partial charge on any atom is -0.368 e. The average Bonchev–Trinajstić information content (AvgIpc) is 3.09. The van der Waals surface area contributed by atoms with Gasteiger partial charge in [-0.2, -0.15) is 15.0 Å². The number of anilines is 2. The number of nitrogens with zero attached hydrogens (tertiary/aromatic N) is 6. The topological polar surface area (TPSA) is 121 Å². The number of hydrogen-bond donors (Lipinski definition) is 2. The Morgan fingerprint density at radius 3 is 2.24 bits per heavy atom. The van der Waals surface area contributed by atoms with E-state index in [1.165, 1.54) is 23.9 Å². The molecule has 0 fully saturated rings. The quantitative estimate of drug-likeness (QED) is 0.467. The van der Waals surface area contributed by atoms with Crippen molar-refractivity contribution in [2.75, 3.05) is 11.5 Å². The molecule has 2 aromatic heterocycles. The maximum atomic E-state index is 13.3. The zero-order valence-corrected chi connectivity index (χ0v) is 16.1. The van der Waals surface area contributed by atoms with Crippen LogP contribution < -0.4 is 11.5 Å². The lowest BCUT2D eigenvalue weighted by atomic mass is 10.2. The Balaban J connectivity index is 1.66. The number of nitrogen functional groups attached to an aromatic ring is 2. The van der Waals surface area contributed by atoms with Crippen molar-refractivity contribution in [2.45, 2.75) is 17.5 Å². The summed E-state index contributed by atoms with van der Waals surface area (Å²) in [5, 5.41) is 9.32. The summed E-state index contributed by atoms with van der Waals surface area (Å²) in [6.45, 7) is 0.560. The van der Waals surface area contributed by atoms with E-state index < -0.39 is 0 Å². The van der Waals surface area contributed by atoms with Crippen LogP contribution in [0.5, 0.6) is 0 Å². The molecule has 0 amide bonds. The molecule has 4 N–H and O–H groups in total. The summed E-state index contributed by atoms with van der Waals surface area (Å²) in [4.78, 5) is 12.0. The molecule has 0 radical (unpaired) electrons. The second kappa shape index (κ2) is 8.23. The first-order valence-corrected chi connectivity index (χ1v) is 9.69. The van der Waals surface area contributed by atoms with Gasteiger partial charge in [0.15, 0.2) is 11.0 Å². The Bertz CT molecular complexity index is 1090. The van der Waals surface area contributed by atoms with Crippen molar-refractivity contribution >= 4 is 23.7 Å². The number of hydrogen-bond acceptors (Lipinski definition) is 8. The molecule has 0 aliphatic rings. The van der Waals surface area contributed by atoms with E-state index >= 15 is 0 Å².